The fraction of sp³-hybridized carbons (Fsp3) is 0.733. The fourth-order valence-corrected chi connectivity index (χ4v) is 5.23. The summed E-state index contributed by atoms with van der Waals surface area (Å²) >= 11 is 3.78. The van der Waals surface area contributed by atoms with E-state index in [4.69, 9.17) is 4.74 Å². The molecule has 1 N–H and O–H groups in total. The zero-order chi connectivity index (χ0) is 14.7. The molecule has 6 heteroatoms. The quantitative estimate of drug-likeness (QED) is 0.840. The molecule has 1 aliphatic carbocycles. The Balaban J connectivity index is 1.59. The molecule has 0 amide bonds. The van der Waals surface area contributed by atoms with Crippen LogP contribution >= 0.6 is 23.1 Å². The number of fused-ring (bicyclic) bond motifs is 1. The van der Waals surface area contributed by atoms with Gasteiger partial charge in [0.15, 0.2) is 5.13 Å². The molecule has 0 saturated carbocycles. The molecule has 21 heavy (non-hydrogen) atoms. The van der Waals surface area contributed by atoms with Crippen LogP contribution < -0.4 is 5.32 Å². The largest absolute Gasteiger partial charge is 0.465 e. The molecule has 1 aromatic heterocycles. The summed E-state index contributed by atoms with van der Waals surface area (Å²) in [7, 11) is 0. The summed E-state index contributed by atoms with van der Waals surface area (Å²) < 4.78 is 5.15. The number of ether oxygens (including phenoxy) is 1. The van der Waals surface area contributed by atoms with Crippen LogP contribution in [-0.4, -0.2) is 35.1 Å². The number of thiazole rings is 1. The van der Waals surface area contributed by atoms with Crippen molar-refractivity contribution in [1.82, 2.24) is 4.98 Å². The van der Waals surface area contributed by atoms with Gasteiger partial charge in [-0.15, -0.1) is 11.3 Å². The molecule has 116 valence electrons. The topological polar surface area (TPSA) is 51.2 Å². The Hall–Kier alpha value is -0.750. The number of hydrogen-bond acceptors (Lipinski definition) is 6. The van der Waals surface area contributed by atoms with E-state index in [2.05, 4.69) is 22.1 Å². The van der Waals surface area contributed by atoms with Crippen molar-refractivity contribution in [3.63, 3.8) is 0 Å². The van der Waals surface area contributed by atoms with Gasteiger partial charge >= 0.3 is 5.97 Å². The Kier molecular flexibility index (Phi) is 5.06. The van der Waals surface area contributed by atoms with E-state index >= 15 is 0 Å². The third kappa shape index (κ3) is 3.54. The number of esters is 1. The van der Waals surface area contributed by atoms with Gasteiger partial charge in [-0.05, 0) is 38.4 Å². The number of thioether (sulfide) groups is 1. The second-order valence-corrected chi connectivity index (χ2v) is 8.03. The highest BCUT2D eigenvalue weighted by molar-refractivity contribution is 7.99. The summed E-state index contributed by atoms with van der Waals surface area (Å²) in [4.78, 5) is 17.9. The lowest BCUT2D eigenvalue weighted by Gasteiger charge is -2.21. The van der Waals surface area contributed by atoms with Crippen LogP contribution in [0, 0.1) is 0 Å². The van der Waals surface area contributed by atoms with Crippen LogP contribution in [-0.2, 0) is 16.0 Å². The third-order valence-electron chi connectivity index (χ3n) is 4.04. The number of carbonyl (C=O) groups is 1. The number of carbonyl (C=O) groups excluding carboxylic acids is 1. The minimum atomic E-state index is -0.143. The second-order valence-electron chi connectivity index (χ2n) is 5.54. The van der Waals surface area contributed by atoms with Crippen molar-refractivity contribution in [2.75, 3.05) is 24.2 Å². The first-order chi connectivity index (χ1) is 10.3. The SMILES string of the molecule is CCOC(=O)C1CCc2sc(NCC3CCCCS3)nc21. The zero-order valence-corrected chi connectivity index (χ0v) is 14.0. The third-order valence-corrected chi connectivity index (χ3v) is 6.53. The number of anilines is 1. The van der Waals surface area contributed by atoms with Crippen molar-refractivity contribution in [3.05, 3.63) is 10.6 Å². The van der Waals surface area contributed by atoms with Gasteiger partial charge in [-0.1, -0.05) is 6.42 Å². The van der Waals surface area contributed by atoms with Gasteiger partial charge in [0.25, 0.3) is 0 Å². The normalized spacial score (nSPS) is 24.6. The van der Waals surface area contributed by atoms with E-state index in [1.807, 2.05) is 6.92 Å². The highest BCUT2D eigenvalue weighted by Crippen LogP contribution is 2.39. The van der Waals surface area contributed by atoms with Gasteiger partial charge in [-0.3, -0.25) is 4.79 Å². The Morgan fingerprint density at radius 1 is 1.43 bits per heavy atom. The van der Waals surface area contributed by atoms with Gasteiger partial charge in [0.2, 0.25) is 0 Å². The van der Waals surface area contributed by atoms with E-state index in [-0.39, 0.29) is 11.9 Å². The molecule has 4 nitrogen and oxygen atoms in total. The lowest BCUT2D eigenvalue weighted by molar-refractivity contribution is -0.145. The second kappa shape index (κ2) is 7.01. The van der Waals surface area contributed by atoms with Gasteiger partial charge in [-0.25, -0.2) is 4.98 Å². The molecule has 0 aromatic carbocycles. The van der Waals surface area contributed by atoms with Crippen molar-refractivity contribution >= 4 is 34.2 Å². The average Bonchev–Trinajstić information content (AvgIpc) is 3.06. The minimum absolute atomic E-state index is 0.115. The molecule has 1 aliphatic heterocycles. The van der Waals surface area contributed by atoms with Gasteiger partial charge in [0.05, 0.1) is 12.3 Å². The van der Waals surface area contributed by atoms with E-state index in [0.29, 0.717) is 11.9 Å². The summed E-state index contributed by atoms with van der Waals surface area (Å²) in [6.07, 6.45) is 5.81. The number of aryl methyl sites for hydroxylation is 1. The first kappa shape index (κ1) is 15.2. The number of rotatable bonds is 5. The first-order valence-electron chi connectivity index (χ1n) is 7.79. The maximum atomic E-state index is 11.9. The monoisotopic (exact) mass is 326 g/mol. The number of hydrogen-bond donors (Lipinski definition) is 1. The van der Waals surface area contributed by atoms with E-state index in [9.17, 15) is 4.79 Å². The summed E-state index contributed by atoms with van der Waals surface area (Å²) in [6.45, 7) is 3.28. The summed E-state index contributed by atoms with van der Waals surface area (Å²) in [5.41, 5.74) is 0.956. The number of nitrogens with zero attached hydrogens (tertiary/aromatic N) is 1. The van der Waals surface area contributed by atoms with Crippen LogP contribution in [0.1, 0.15) is 49.1 Å². The lowest BCUT2D eigenvalue weighted by Crippen LogP contribution is -2.20. The molecule has 2 unspecified atom stereocenters. The van der Waals surface area contributed by atoms with E-state index in [0.717, 1.165) is 30.2 Å². The van der Waals surface area contributed by atoms with Crippen LogP contribution in [0.25, 0.3) is 0 Å². The standard InChI is InChI=1S/C15H22N2O2S2/c1-2-19-14(18)11-6-7-12-13(11)17-15(21-12)16-9-10-5-3-4-8-20-10/h10-11H,2-9H2,1H3,(H,16,17). The predicted octanol–water partition coefficient (Wildman–Crippen LogP) is 3.43. The molecule has 1 saturated heterocycles. The van der Waals surface area contributed by atoms with Crippen molar-refractivity contribution in [2.45, 2.75) is 50.2 Å². The van der Waals surface area contributed by atoms with Crippen LogP contribution in [0.5, 0.6) is 0 Å². The number of aromatic nitrogens is 1. The Morgan fingerprint density at radius 3 is 3.10 bits per heavy atom. The smallest absolute Gasteiger partial charge is 0.315 e. The van der Waals surface area contributed by atoms with Crippen molar-refractivity contribution in [1.29, 1.82) is 0 Å². The maximum absolute atomic E-state index is 11.9. The first-order valence-corrected chi connectivity index (χ1v) is 9.66. The van der Waals surface area contributed by atoms with Crippen molar-refractivity contribution in [2.24, 2.45) is 0 Å². The lowest BCUT2D eigenvalue weighted by atomic mass is 10.1. The van der Waals surface area contributed by atoms with Crippen LogP contribution in [0.4, 0.5) is 5.13 Å². The van der Waals surface area contributed by atoms with Gasteiger partial charge in [-0.2, -0.15) is 11.8 Å². The maximum Gasteiger partial charge on any atom is 0.315 e. The molecule has 2 aliphatic rings. The fourth-order valence-electron chi connectivity index (χ4n) is 2.94. The van der Waals surface area contributed by atoms with Gasteiger partial charge < -0.3 is 10.1 Å². The molecule has 0 radical (unpaired) electrons. The van der Waals surface area contributed by atoms with E-state index in [1.54, 1.807) is 11.3 Å². The average molecular weight is 326 g/mol. The number of nitrogens with one attached hydrogen (secondary N) is 1. The molecule has 2 heterocycles. The van der Waals surface area contributed by atoms with Crippen molar-refractivity contribution in [3.8, 4) is 0 Å². The van der Waals surface area contributed by atoms with E-state index in [1.165, 1.54) is 29.9 Å². The molecule has 1 aromatic rings. The Labute approximate surface area is 134 Å². The highest BCUT2D eigenvalue weighted by Gasteiger charge is 2.33. The molecular formula is C15H22N2O2S2. The Bertz CT molecular complexity index is 498. The molecule has 1 fully saturated rings. The van der Waals surface area contributed by atoms with Gasteiger partial charge in [0, 0.05) is 16.7 Å². The molecule has 2 atom stereocenters. The summed E-state index contributed by atoms with van der Waals surface area (Å²) in [6, 6.07) is 0. The van der Waals surface area contributed by atoms with Crippen LogP contribution in [0.3, 0.4) is 0 Å². The molecule has 3 rings (SSSR count). The van der Waals surface area contributed by atoms with Crippen LogP contribution in [0.15, 0.2) is 0 Å². The highest BCUT2D eigenvalue weighted by atomic mass is 32.2. The molecule has 0 bridgehead atoms. The zero-order valence-electron chi connectivity index (χ0n) is 12.4. The van der Waals surface area contributed by atoms with Crippen LogP contribution in [0.2, 0.25) is 0 Å². The van der Waals surface area contributed by atoms with Gasteiger partial charge in [0.1, 0.15) is 5.92 Å². The molecular weight excluding hydrogens is 304 g/mol. The molecule has 0 spiro atoms. The van der Waals surface area contributed by atoms with Crippen molar-refractivity contribution < 1.29 is 9.53 Å². The Morgan fingerprint density at radius 2 is 2.33 bits per heavy atom. The minimum Gasteiger partial charge on any atom is -0.465 e. The summed E-state index contributed by atoms with van der Waals surface area (Å²) in [5, 5.41) is 5.15. The predicted molar refractivity (Wildman–Crippen MR) is 88.4 cm³/mol. The summed E-state index contributed by atoms with van der Waals surface area (Å²) in [5.74, 6) is 1.03. The van der Waals surface area contributed by atoms with E-state index < -0.39 is 0 Å².